The minimum absolute atomic E-state index is 0.140. The monoisotopic (exact) mass is 290 g/mol. The largest absolute Gasteiger partial charge is 0.378 e. The van der Waals surface area contributed by atoms with Crippen molar-refractivity contribution in [1.82, 2.24) is 0 Å². The fourth-order valence-corrected chi connectivity index (χ4v) is 3.01. The number of hydrogen-bond donors (Lipinski definition) is 1. The van der Waals surface area contributed by atoms with Crippen LogP contribution < -0.4 is 5.32 Å². The molecule has 1 heterocycles. The molecule has 0 bridgehead atoms. The second-order valence-electron chi connectivity index (χ2n) is 4.77. The van der Waals surface area contributed by atoms with E-state index in [1.165, 1.54) is 9.75 Å². The molecule has 0 aliphatic carbocycles. The molecule has 1 aromatic heterocycles. The topological polar surface area (TPSA) is 55.2 Å². The van der Waals surface area contributed by atoms with Crippen LogP contribution in [0.1, 0.15) is 35.2 Å². The second kappa shape index (κ2) is 6.05. The Morgan fingerprint density at radius 2 is 2.10 bits per heavy atom. The molecule has 0 spiro atoms. The van der Waals surface area contributed by atoms with Crippen molar-refractivity contribution in [2.75, 3.05) is 5.32 Å². The van der Waals surface area contributed by atoms with Gasteiger partial charge in [0.05, 0.1) is 11.0 Å². The van der Waals surface area contributed by atoms with Crippen LogP contribution in [0.3, 0.4) is 0 Å². The molecule has 1 N–H and O–H groups in total. The van der Waals surface area contributed by atoms with Crippen LogP contribution in [0.15, 0.2) is 30.3 Å². The predicted octanol–water partition coefficient (Wildman–Crippen LogP) is 4.70. The first kappa shape index (κ1) is 14.5. The highest BCUT2D eigenvalue weighted by molar-refractivity contribution is 7.12. The van der Waals surface area contributed by atoms with Crippen molar-refractivity contribution >= 4 is 22.7 Å². The van der Waals surface area contributed by atoms with E-state index in [1.807, 2.05) is 19.1 Å². The smallest absolute Gasteiger partial charge is 0.274 e. The lowest BCUT2D eigenvalue weighted by Gasteiger charge is -2.14. The number of anilines is 1. The van der Waals surface area contributed by atoms with Crippen LogP contribution in [-0.4, -0.2) is 4.92 Å². The number of nitro groups is 1. The maximum atomic E-state index is 11.1. The van der Waals surface area contributed by atoms with Crippen molar-refractivity contribution in [2.45, 2.75) is 33.2 Å². The summed E-state index contributed by atoms with van der Waals surface area (Å²) < 4.78 is 0. The molecule has 2 rings (SSSR count). The molecule has 0 fully saturated rings. The lowest BCUT2D eigenvalue weighted by molar-refractivity contribution is -0.385. The molecule has 1 aromatic carbocycles. The summed E-state index contributed by atoms with van der Waals surface area (Å²) in [7, 11) is 0. The molecule has 1 unspecified atom stereocenters. The quantitative estimate of drug-likeness (QED) is 0.641. The number of benzene rings is 1. The summed E-state index contributed by atoms with van der Waals surface area (Å²) in [6, 6.07) is 9.67. The zero-order valence-electron chi connectivity index (χ0n) is 11.8. The summed E-state index contributed by atoms with van der Waals surface area (Å²) in [5.74, 6) is 0. The Morgan fingerprint density at radius 1 is 1.35 bits per heavy atom. The standard InChI is InChI=1S/C15H18N2O2S/c1-4-12-6-7-13(9-14(12)17(18)19)16-11(3)15-8-5-10(2)20-15/h5-9,11,16H,4H2,1-3H3. The molecule has 1 atom stereocenters. The van der Waals surface area contributed by atoms with Crippen molar-refractivity contribution in [3.63, 3.8) is 0 Å². The van der Waals surface area contributed by atoms with E-state index >= 15 is 0 Å². The third-order valence-corrected chi connectivity index (χ3v) is 4.42. The Morgan fingerprint density at radius 3 is 2.65 bits per heavy atom. The summed E-state index contributed by atoms with van der Waals surface area (Å²) in [5.41, 5.74) is 1.74. The maximum Gasteiger partial charge on any atom is 0.274 e. The SMILES string of the molecule is CCc1ccc(NC(C)c2ccc(C)s2)cc1[N+](=O)[O-]. The van der Waals surface area contributed by atoms with E-state index in [4.69, 9.17) is 0 Å². The number of hydrogen-bond acceptors (Lipinski definition) is 4. The molecule has 0 radical (unpaired) electrons. The highest BCUT2D eigenvalue weighted by atomic mass is 32.1. The van der Waals surface area contributed by atoms with E-state index in [1.54, 1.807) is 17.4 Å². The molecule has 2 aromatic rings. The van der Waals surface area contributed by atoms with Crippen LogP contribution in [-0.2, 0) is 6.42 Å². The number of nitrogens with one attached hydrogen (secondary N) is 1. The average Bonchev–Trinajstić information content (AvgIpc) is 2.85. The highest BCUT2D eigenvalue weighted by Gasteiger charge is 2.14. The van der Waals surface area contributed by atoms with Crippen LogP contribution in [0.5, 0.6) is 0 Å². The van der Waals surface area contributed by atoms with Crippen molar-refractivity contribution in [2.24, 2.45) is 0 Å². The van der Waals surface area contributed by atoms with Crippen molar-refractivity contribution in [1.29, 1.82) is 0 Å². The summed E-state index contributed by atoms with van der Waals surface area (Å²) in [5, 5.41) is 14.4. The third-order valence-electron chi connectivity index (χ3n) is 3.23. The summed E-state index contributed by atoms with van der Waals surface area (Å²) in [6.07, 6.45) is 0.663. The average molecular weight is 290 g/mol. The first-order valence-corrected chi connectivity index (χ1v) is 7.43. The van der Waals surface area contributed by atoms with Crippen molar-refractivity contribution < 1.29 is 4.92 Å². The fourth-order valence-electron chi connectivity index (χ4n) is 2.13. The predicted molar refractivity (Wildman–Crippen MR) is 83.6 cm³/mol. The summed E-state index contributed by atoms with van der Waals surface area (Å²) >= 11 is 1.74. The Labute approximate surface area is 122 Å². The van der Waals surface area contributed by atoms with E-state index in [0.29, 0.717) is 6.42 Å². The van der Waals surface area contributed by atoms with Gasteiger partial charge in [-0.3, -0.25) is 10.1 Å². The minimum atomic E-state index is -0.316. The zero-order valence-corrected chi connectivity index (χ0v) is 12.7. The van der Waals surface area contributed by atoms with Crippen LogP contribution >= 0.6 is 11.3 Å². The van der Waals surface area contributed by atoms with E-state index in [-0.39, 0.29) is 16.7 Å². The molecule has 0 saturated carbocycles. The molecule has 5 heteroatoms. The molecule has 0 saturated heterocycles. The number of rotatable bonds is 5. The first-order valence-electron chi connectivity index (χ1n) is 6.61. The Hall–Kier alpha value is -1.88. The van der Waals surface area contributed by atoms with Crippen molar-refractivity contribution in [3.8, 4) is 0 Å². The van der Waals surface area contributed by atoms with Gasteiger partial charge in [0, 0.05) is 27.1 Å². The molecule has 106 valence electrons. The Kier molecular flexibility index (Phi) is 4.39. The van der Waals surface area contributed by atoms with E-state index in [2.05, 4.69) is 31.3 Å². The van der Waals surface area contributed by atoms with Gasteiger partial charge in [-0.25, -0.2) is 0 Å². The van der Waals surface area contributed by atoms with Crippen LogP contribution in [0.2, 0.25) is 0 Å². The van der Waals surface area contributed by atoms with Gasteiger partial charge in [-0.15, -0.1) is 11.3 Å². The van der Waals surface area contributed by atoms with Crippen LogP contribution in [0.4, 0.5) is 11.4 Å². The second-order valence-corrected chi connectivity index (χ2v) is 6.09. The van der Waals surface area contributed by atoms with Gasteiger partial charge in [0.15, 0.2) is 0 Å². The van der Waals surface area contributed by atoms with Crippen LogP contribution in [0.25, 0.3) is 0 Å². The van der Waals surface area contributed by atoms with Gasteiger partial charge < -0.3 is 5.32 Å². The zero-order chi connectivity index (χ0) is 14.7. The van der Waals surface area contributed by atoms with Crippen molar-refractivity contribution in [3.05, 3.63) is 55.8 Å². The summed E-state index contributed by atoms with van der Waals surface area (Å²) in [6.45, 7) is 6.05. The number of nitro benzene ring substituents is 1. The van der Waals surface area contributed by atoms with E-state index in [0.717, 1.165) is 11.3 Å². The van der Waals surface area contributed by atoms with Gasteiger partial charge in [-0.2, -0.15) is 0 Å². The Balaban J connectivity index is 2.21. The molecular weight excluding hydrogens is 272 g/mol. The van der Waals surface area contributed by atoms with Gasteiger partial charge in [0.2, 0.25) is 0 Å². The van der Waals surface area contributed by atoms with Gasteiger partial charge in [-0.05, 0) is 38.5 Å². The normalized spacial score (nSPS) is 12.2. The lowest BCUT2D eigenvalue weighted by atomic mass is 10.1. The number of nitrogens with zero attached hydrogens (tertiary/aromatic N) is 1. The van der Waals surface area contributed by atoms with Gasteiger partial charge in [0.25, 0.3) is 5.69 Å². The van der Waals surface area contributed by atoms with Gasteiger partial charge in [0.1, 0.15) is 0 Å². The van der Waals surface area contributed by atoms with E-state index < -0.39 is 0 Å². The molecular formula is C15H18N2O2S. The molecule has 0 aliphatic heterocycles. The number of thiophene rings is 1. The van der Waals surface area contributed by atoms with Crippen LogP contribution in [0, 0.1) is 17.0 Å². The maximum absolute atomic E-state index is 11.1. The third kappa shape index (κ3) is 3.17. The highest BCUT2D eigenvalue weighted by Crippen LogP contribution is 2.29. The van der Waals surface area contributed by atoms with Gasteiger partial charge in [-0.1, -0.05) is 13.0 Å². The number of aryl methyl sites for hydroxylation is 2. The molecule has 20 heavy (non-hydrogen) atoms. The fraction of sp³-hybridized carbons (Fsp3) is 0.333. The molecule has 4 nitrogen and oxygen atoms in total. The minimum Gasteiger partial charge on any atom is -0.378 e. The lowest BCUT2D eigenvalue weighted by Crippen LogP contribution is -2.05. The Bertz CT molecular complexity index is 622. The molecule has 0 aliphatic rings. The first-order chi connectivity index (χ1) is 9.51. The molecule has 0 amide bonds. The summed E-state index contributed by atoms with van der Waals surface area (Å²) in [4.78, 5) is 13.2. The van der Waals surface area contributed by atoms with Gasteiger partial charge >= 0.3 is 0 Å². The van der Waals surface area contributed by atoms with E-state index in [9.17, 15) is 10.1 Å².